The Morgan fingerprint density at radius 3 is 2.64 bits per heavy atom. The lowest BCUT2D eigenvalue weighted by Crippen LogP contribution is -2.02. The van der Waals surface area contributed by atoms with Crippen LogP contribution in [0.2, 0.25) is 0 Å². The van der Waals surface area contributed by atoms with E-state index in [2.05, 4.69) is 11.7 Å². The van der Waals surface area contributed by atoms with Gasteiger partial charge in [0, 0.05) is 11.1 Å². The zero-order valence-electron chi connectivity index (χ0n) is 12.5. The van der Waals surface area contributed by atoms with Gasteiger partial charge in [-0.3, -0.25) is 0 Å². The van der Waals surface area contributed by atoms with Crippen molar-refractivity contribution in [1.29, 1.82) is 0 Å². The number of allylic oxidation sites excluding steroid dienone is 1. The van der Waals surface area contributed by atoms with Crippen LogP contribution < -0.4 is 9.47 Å². The molecule has 114 valence electrons. The number of rotatable bonds is 7. The van der Waals surface area contributed by atoms with E-state index in [-0.39, 0.29) is 0 Å². The van der Waals surface area contributed by atoms with Crippen LogP contribution in [0.3, 0.4) is 0 Å². The monoisotopic (exact) mass is 297 g/mol. The summed E-state index contributed by atoms with van der Waals surface area (Å²) in [7, 11) is 1.59. The standard InChI is InChI=1S/C18H19NO3/c1-3-7-16-10-15(12-19-20)11-17(21-2)18(16)22-13-14-8-5-4-6-9-14/h3-6,8-12,20H,1,7,13H2,2H3/b19-12-. The molecule has 0 amide bonds. The van der Waals surface area contributed by atoms with Crippen molar-refractivity contribution in [2.75, 3.05) is 7.11 Å². The van der Waals surface area contributed by atoms with E-state index in [4.69, 9.17) is 14.7 Å². The SMILES string of the molecule is C=CCc1cc(/C=N\O)cc(OC)c1OCc1ccccc1. The molecule has 0 bridgehead atoms. The predicted molar refractivity (Wildman–Crippen MR) is 87.0 cm³/mol. The fraction of sp³-hybridized carbons (Fsp3) is 0.167. The third-order valence-electron chi connectivity index (χ3n) is 3.17. The molecule has 0 spiro atoms. The van der Waals surface area contributed by atoms with Crippen LogP contribution in [0.1, 0.15) is 16.7 Å². The first kappa shape index (κ1) is 15.6. The summed E-state index contributed by atoms with van der Waals surface area (Å²) < 4.78 is 11.4. The van der Waals surface area contributed by atoms with Crippen molar-refractivity contribution in [3.8, 4) is 11.5 Å². The van der Waals surface area contributed by atoms with E-state index >= 15 is 0 Å². The molecule has 0 aromatic heterocycles. The molecule has 0 aliphatic heterocycles. The fourth-order valence-electron chi connectivity index (χ4n) is 2.18. The Morgan fingerprint density at radius 1 is 1.23 bits per heavy atom. The van der Waals surface area contributed by atoms with Crippen LogP contribution in [-0.4, -0.2) is 18.5 Å². The normalized spacial score (nSPS) is 10.6. The molecular weight excluding hydrogens is 278 g/mol. The topological polar surface area (TPSA) is 51.1 Å². The highest BCUT2D eigenvalue weighted by Crippen LogP contribution is 2.33. The number of benzene rings is 2. The molecular formula is C18H19NO3. The van der Waals surface area contributed by atoms with Crippen molar-refractivity contribution in [2.24, 2.45) is 5.16 Å². The van der Waals surface area contributed by atoms with Crippen molar-refractivity contribution >= 4 is 6.21 Å². The van der Waals surface area contributed by atoms with Gasteiger partial charge in [0.25, 0.3) is 0 Å². The third-order valence-corrected chi connectivity index (χ3v) is 3.17. The van der Waals surface area contributed by atoms with Gasteiger partial charge >= 0.3 is 0 Å². The summed E-state index contributed by atoms with van der Waals surface area (Å²) in [5, 5.41) is 11.8. The number of methoxy groups -OCH3 is 1. The van der Waals surface area contributed by atoms with Gasteiger partial charge in [-0.25, -0.2) is 0 Å². The summed E-state index contributed by atoms with van der Waals surface area (Å²) >= 11 is 0. The largest absolute Gasteiger partial charge is 0.493 e. The van der Waals surface area contributed by atoms with Gasteiger partial charge in [-0.15, -0.1) is 6.58 Å². The smallest absolute Gasteiger partial charge is 0.165 e. The van der Waals surface area contributed by atoms with Crippen LogP contribution in [0, 0.1) is 0 Å². The molecule has 0 unspecified atom stereocenters. The molecule has 2 aromatic rings. The summed E-state index contributed by atoms with van der Waals surface area (Å²) in [5.41, 5.74) is 2.75. The molecule has 0 heterocycles. The Hall–Kier alpha value is -2.75. The van der Waals surface area contributed by atoms with E-state index in [1.54, 1.807) is 19.3 Å². The highest BCUT2D eigenvalue weighted by Gasteiger charge is 2.12. The van der Waals surface area contributed by atoms with E-state index in [0.29, 0.717) is 24.5 Å². The molecule has 0 saturated carbocycles. The number of hydrogen-bond donors (Lipinski definition) is 1. The summed E-state index contributed by atoms with van der Waals surface area (Å²) in [5.74, 6) is 1.28. The first-order valence-corrected chi connectivity index (χ1v) is 6.94. The van der Waals surface area contributed by atoms with Gasteiger partial charge in [-0.1, -0.05) is 41.6 Å². The van der Waals surface area contributed by atoms with Gasteiger partial charge in [-0.05, 0) is 24.1 Å². The van der Waals surface area contributed by atoms with Gasteiger partial charge in [0.1, 0.15) is 6.61 Å². The molecule has 2 rings (SSSR count). The predicted octanol–water partition coefficient (Wildman–Crippen LogP) is 3.81. The molecule has 0 aliphatic rings. The molecule has 2 aromatic carbocycles. The summed E-state index contributed by atoms with van der Waals surface area (Å²) in [6.45, 7) is 4.22. The van der Waals surface area contributed by atoms with Gasteiger partial charge in [0.2, 0.25) is 0 Å². The van der Waals surface area contributed by atoms with Crippen molar-refractivity contribution in [3.05, 3.63) is 71.8 Å². The van der Waals surface area contributed by atoms with Gasteiger partial charge < -0.3 is 14.7 Å². The van der Waals surface area contributed by atoms with Crippen molar-refractivity contribution in [1.82, 2.24) is 0 Å². The van der Waals surface area contributed by atoms with Crippen LogP contribution in [-0.2, 0) is 13.0 Å². The maximum absolute atomic E-state index is 8.70. The number of oxime groups is 1. The number of nitrogens with zero attached hydrogens (tertiary/aromatic N) is 1. The highest BCUT2D eigenvalue weighted by atomic mass is 16.5. The maximum atomic E-state index is 8.70. The Kier molecular flexibility index (Phi) is 5.60. The zero-order valence-corrected chi connectivity index (χ0v) is 12.5. The zero-order chi connectivity index (χ0) is 15.8. The second-order valence-electron chi connectivity index (χ2n) is 4.72. The van der Waals surface area contributed by atoms with Gasteiger partial charge in [-0.2, -0.15) is 0 Å². The third kappa shape index (κ3) is 3.88. The van der Waals surface area contributed by atoms with Crippen molar-refractivity contribution < 1.29 is 14.7 Å². The minimum Gasteiger partial charge on any atom is -0.493 e. The summed E-state index contributed by atoms with van der Waals surface area (Å²) in [6.07, 6.45) is 3.79. The van der Waals surface area contributed by atoms with Crippen LogP contribution in [0.25, 0.3) is 0 Å². The second kappa shape index (κ2) is 7.88. The molecule has 22 heavy (non-hydrogen) atoms. The Labute approximate surface area is 130 Å². The lowest BCUT2D eigenvalue weighted by Gasteiger charge is -2.15. The average molecular weight is 297 g/mol. The van der Waals surface area contributed by atoms with Crippen LogP contribution in [0.4, 0.5) is 0 Å². The van der Waals surface area contributed by atoms with E-state index in [0.717, 1.165) is 16.7 Å². The van der Waals surface area contributed by atoms with E-state index in [1.807, 2.05) is 36.4 Å². The number of hydrogen-bond acceptors (Lipinski definition) is 4. The highest BCUT2D eigenvalue weighted by molar-refractivity contribution is 5.81. The summed E-state index contributed by atoms with van der Waals surface area (Å²) in [4.78, 5) is 0. The minimum absolute atomic E-state index is 0.453. The van der Waals surface area contributed by atoms with Crippen LogP contribution >= 0.6 is 0 Å². The molecule has 0 saturated heterocycles. The first-order valence-electron chi connectivity index (χ1n) is 6.94. The van der Waals surface area contributed by atoms with Gasteiger partial charge in [0.05, 0.1) is 13.3 Å². The second-order valence-corrected chi connectivity index (χ2v) is 4.72. The molecule has 0 fully saturated rings. The lowest BCUT2D eigenvalue weighted by molar-refractivity contribution is 0.282. The van der Waals surface area contributed by atoms with Crippen molar-refractivity contribution in [3.63, 3.8) is 0 Å². The Bertz CT molecular complexity index is 651. The van der Waals surface area contributed by atoms with Crippen LogP contribution in [0.15, 0.2) is 60.3 Å². The maximum Gasteiger partial charge on any atom is 0.165 e. The molecule has 0 atom stereocenters. The molecule has 4 nitrogen and oxygen atoms in total. The van der Waals surface area contributed by atoms with E-state index in [1.165, 1.54) is 6.21 Å². The van der Waals surface area contributed by atoms with Crippen molar-refractivity contribution in [2.45, 2.75) is 13.0 Å². The van der Waals surface area contributed by atoms with Gasteiger partial charge in [0.15, 0.2) is 11.5 Å². The molecule has 4 heteroatoms. The molecule has 0 aliphatic carbocycles. The minimum atomic E-state index is 0.453. The lowest BCUT2D eigenvalue weighted by atomic mass is 10.1. The van der Waals surface area contributed by atoms with E-state index in [9.17, 15) is 0 Å². The number of ether oxygens (including phenoxy) is 2. The molecule has 1 N–H and O–H groups in total. The first-order chi connectivity index (χ1) is 10.8. The Balaban J connectivity index is 2.32. The van der Waals surface area contributed by atoms with E-state index < -0.39 is 0 Å². The summed E-state index contributed by atoms with van der Waals surface area (Å²) in [6, 6.07) is 13.6. The fourth-order valence-corrected chi connectivity index (χ4v) is 2.18. The Morgan fingerprint density at radius 2 is 2.00 bits per heavy atom. The molecule has 0 radical (unpaired) electrons. The quantitative estimate of drug-likeness (QED) is 0.366. The van der Waals surface area contributed by atoms with Crippen LogP contribution in [0.5, 0.6) is 11.5 Å². The average Bonchev–Trinajstić information content (AvgIpc) is 2.55.